The van der Waals surface area contributed by atoms with E-state index in [1.54, 1.807) is 0 Å². The van der Waals surface area contributed by atoms with E-state index in [4.69, 9.17) is 10.5 Å². The van der Waals surface area contributed by atoms with Crippen LogP contribution in [-0.4, -0.2) is 43.3 Å². The normalized spacial score (nSPS) is 49.6. The van der Waals surface area contributed by atoms with Crippen molar-refractivity contribution >= 4 is 0 Å². The Morgan fingerprint density at radius 3 is 2.31 bits per heavy atom. The van der Waals surface area contributed by atoms with Gasteiger partial charge in [-0.25, -0.2) is 0 Å². The summed E-state index contributed by atoms with van der Waals surface area (Å²) in [6.45, 7) is 5.36. The van der Waals surface area contributed by atoms with Gasteiger partial charge in [0, 0.05) is 25.2 Å². The zero-order valence-electron chi connectivity index (χ0n) is 8.09. The molecule has 4 fully saturated rings. The molecule has 1 heterocycles. The molecule has 13 heavy (non-hydrogen) atoms. The first-order chi connectivity index (χ1) is 6.20. The smallest absolute Gasteiger partial charge is 0.0594 e. The highest BCUT2D eigenvalue weighted by Crippen LogP contribution is 2.65. The highest BCUT2D eigenvalue weighted by Gasteiger charge is 2.65. The summed E-state index contributed by atoms with van der Waals surface area (Å²) in [5, 5.41) is 0. The number of nitrogens with zero attached hydrogens (tertiary/aromatic N) is 1. The highest BCUT2D eigenvalue weighted by molar-refractivity contribution is 5.22. The van der Waals surface area contributed by atoms with Crippen LogP contribution in [-0.2, 0) is 4.74 Å². The average molecular weight is 182 g/mol. The zero-order chi connectivity index (χ0) is 8.94. The molecule has 4 rings (SSSR count). The number of morpholine rings is 1. The monoisotopic (exact) mass is 182 g/mol. The fourth-order valence-corrected chi connectivity index (χ4v) is 3.49. The van der Waals surface area contributed by atoms with Gasteiger partial charge in [-0.05, 0) is 24.7 Å². The van der Waals surface area contributed by atoms with Crippen LogP contribution in [0.15, 0.2) is 0 Å². The van der Waals surface area contributed by atoms with E-state index >= 15 is 0 Å². The summed E-state index contributed by atoms with van der Waals surface area (Å²) in [7, 11) is 0. The van der Waals surface area contributed by atoms with Gasteiger partial charge in [0.2, 0.25) is 0 Å². The Morgan fingerprint density at radius 1 is 1.15 bits per heavy atom. The molecule has 3 heteroatoms. The fraction of sp³-hybridized carbons (Fsp3) is 1.00. The van der Waals surface area contributed by atoms with Gasteiger partial charge in [-0.1, -0.05) is 0 Å². The molecule has 3 aliphatic carbocycles. The molecule has 2 N–H and O–H groups in total. The van der Waals surface area contributed by atoms with E-state index < -0.39 is 0 Å². The van der Waals surface area contributed by atoms with Gasteiger partial charge in [-0.15, -0.1) is 0 Å². The van der Waals surface area contributed by atoms with Crippen LogP contribution < -0.4 is 5.73 Å². The average Bonchev–Trinajstić information content (AvgIpc) is 2.02. The summed E-state index contributed by atoms with van der Waals surface area (Å²) < 4.78 is 5.33. The number of ether oxygens (including phenoxy) is 1. The number of hydrogen-bond acceptors (Lipinski definition) is 3. The maximum atomic E-state index is 6.03. The second-order valence-corrected chi connectivity index (χ2v) is 5.28. The van der Waals surface area contributed by atoms with Crippen LogP contribution in [0.5, 0.6) is 0 Å². The van der Waals surface area contributed by atoms with Gasteiger partial charge >= 0.3 is 0 Å². The van der Waals surface area contributed by atoms with Gasteiger partial charge < -0.3 is 10.5 Å². The van der Waals surface area contributed by atoms with Gasteiger partial charge in [0.15, 0.2) is 0 Å². The van der Waals surface area contributed by atoms with Crippen LogP contribution in [0, 0.1) is 5.41 Å². The second kappa shape index (κ2) is 2.47. The fourth-order valence-electron chi connectivity index (χ4n) is 3.49. The van der Waals surface area contributed by atoms with Crippen molar-refractivity contribution < 1.29 is 4.74 Å². The lowest BCUT2D eigenvalue weighted by molar-refractivity contribution is -0.153. The molecular formula is C10H18N2O. The Morgan fingerprint density at radius 2 is 1.77 bits per heavy atom. The SMILES string of the molecule is NC12CC(CN3CCOCC3)(C1)C2. The third-order valence-corrected chi connectivity index (χ3v) is 3.84. The Hall–Kier alpha value is -0.120. The molecule has 4 aliphatic rings. The summed E-state index contributed by atoms with van der Waals surface area (Å²) >= 11 is 0. The minimum atomic E-state index is 0.270. The van der Waals surface area contributed by atoms with E-state index in [1.165, 1.54) is 25.8 Å². The predicted octanol–water partition coefficient (Wildman–Crippen LogP) is 0.200. The molecule has 1 saturated heterocycles. The largest absolute Gasteiger partial charge is 0.379 e. The quantitative estimate of drug-likeness (QED) is 0.663. The van der Waals surface area contributed by atoms with Crippen molar-refractivity contribution in [2.75, 3.05) is 32.8 Å². The number of nitrogens with two attached hydrogens (primary N) is 1. The summed E-state index contributed by atoms with van der Waals surface area (Å²) in [5.74, 6) is 0. The first kappa shape index (κ1) is 8.21. The Labute approximate surface area is 79.2 Å². The molecule has 3 nitrogen and oxygen atoms in total. The van der Waals surface area contributed by atoms with E-state index in [2.05, 4.69) is 4.90 Å². The second-order valence-electron chi connectivity index (χ2n) is 5.28. The Kier molecular flexibility index (Phi) is 1.56. The van der Waals surface area contributed by atoms with Crippen LogP contribution in [0.1, 0.15) is 19.3 Å². The highest BCUT2D eigenvalue weighted by atomic mass is 16.5. The van der Waals surface area contributed by atoms with Crippen molar-refractivity contribution in [1.29, 1.82) is 0 Å². The molecule has 3 saturated carbocycles. The molecule has 0 aromatic heterocycles. The third-order valence-electron chi connectivity index (χ3n) is 3.84. The van der Waals surface area contributed by atoms with E-state index in [1.807, 2.05) is 0 Å². The molecule has 2 bridgehead atoms. The van der Waals surface area contributed by atoms with Crippen molar-refractivity contribution in [3.8, 4) is 0 Å². The molecule has 0 aromatic rings. The lowest BCUT2D eigenvalue weighted by atomic mass is 9.39. The van der Waals surface area contributed by atoms with E-state index in [0.29, 0.717) is 5.41 Å². The molecular weight excluding hydrogens is 164 g/mol. The molecule has 0 aromatic carbocycles. The minimum Gasteiger partial charge on any atom is -0.379 e. The van der Waals surface area contributed by atoms with Crippen molar-refractivity contribution in [2.45, 2.75) is 24.8 Å². The van der Waals surface area contributed by atoms with Gasteiger partial charge in [0.1, 0.15) is 0 Å². The summed E-state index contributed by atoms with van der Waals surface area (Å²) in [6.07, 6.45) is 3.83. The Bertz CT molecular complexity index is 203. The Balaban J connectivity index is 1.53. The molecule has 0 radical (unpaired) electrons. The van der Waals surface area contributed by atoms with Gasteiger partial charge in [0.25, 0.3) is 0 Å². The van der Waals surface area contributed by atoms with Crippen LogP contribution in [0.3, 0.4) is 0 Å². The molecule has 0 unspecified atom stereocenters. The van der Waals surface area contributed by atoms with Crippen LogP contribution in [0.4, 0.5) is 0 Å². The molecule has 0 atom stereocenters. The number of hydrogen-bond donors (Lipinski definition) is 1. The number of rotatable bonds is 2. The summed E-state index contributed by atoms with van der Waals surface area (Å²) in [6, 6.07) is 0. The third kappa shape index (κ3) is 1.22. The maximum absolute atomic E-state index is 6.03. The predicted molar refractivity (Wildman–Crippen MR) is 50.5 cm³/mol. The topological polar surface area (TPSA) is 38.5 Å². The lowest BCUT2D eigenvalue weighted by Gasteiger charge is -2.70. The molecule has 0 amide bonds. The van der Waals surface area contributed by atoms with Crippen LogP contribution >= 0.6 is 0 Å². The molecule has 0 spiro atoms. The van der Waals surface area contributed by atoms with E-state index in [9.17, 15) is 0 Å². The van der Waals surface area contributed by atoms with Crippen molar-refractivity contribution in [1.82, 2.24) is 4.90 Å². The van der Waals surface area contributed by atoms with Crippen LogP contribution in [0.25, 0.3) is 0 Å². The van der Waals surface area contributed by atoms with E-state index in [-0.39, 0.29) is 5.54 Å². The lowest BCUT2D eigenvalue weighted by Crippen LogP contribution is -2.74. The van der Waals surface area contributed by atoms with Crippen molar-refractivity contribution in [3.63, 3.8) is 0 Å². The van der Waals surface area contributed by atoms with Gasteiger partial charge in [-0.2, -0.15) is 0 Å². The van der Waals surface area contributed by atoms with Crippen molar-refractivity contribution in [2.24, 2.45) is 11.1 Å². The standard InChI is InChI=1S/C10H18N2O/c11-10-5-9(6-10,7-10)8-12-1-3-13-4-2-12/h1-8,11H2. The van der Waals surface area contributed by atoms with Crippen LogP contribution in [0.2, 0.25) is 0 Å². The first-order valence-corrected chi connectivity index (χ1v) is 5.29. The maximum Gasteiger partial charge on any atom is 0.0594 e. The molecule has 1 aliphatic heterocycles. The minimum absolute atomic E-state index is 0.270. The summed E-state index contributed by atoms with van der Waals surface area (Å²) in [4.78, 5) is 2.54. The first-order valence-electron chi connectivity index (χ1n) is 5.29. The van der Waals surface area contributed by atoms with Gasteiger partial charge in [0.05, 0.1) is 13.2 Å². The zero-order valence-corrected chi connectivity index (χ0v) is 8.09. The summed E-state index contributed by atoms with van der Waals surface area (Å²) in [5.41, 5.74) is 6.94. The van der Waals surface area contributed by atoms with Crippen molar-refractivity contribution in [3.05, 3.63) is 0 Å². The molecule has 74 valence electrons. The van der Waals surface area contributed by atoms with E-state index in [0.717, 1.165) is 26.3 Å². The van der Waals surface area contributed by atoms with Gasteiger partial charge in [-0.3, -0.25) is 4.90 Å².